The molecule has 0 N–H and O–H groups in total. The van der Waals surface area contributed by atoms with Crippen molar-refractivity contribution in [2.45, 2.75) is 45.7 Å². The second-order valence-corrected chi connectivity index (χ2v) is 6.50. The van der Waals surface area contributed by atoms with Gasteiger partial charge >= 0.3 is 35.0 Å². The molecule has 2 atom stereocenters. The van der Waals surface area contributed by atoms with Gasteiger partial charge in [-0.3, -0.25) is 0 Å². The van der Waals surface area contributed by atoms with E-state index in [0.29, 0.717) is 13.7 Å². The summed E-state index contributed by atoms with van der Waals surface area (Å²) < 4.78 is 16.8. The van der Waals surface area contributed by atoms with Crippen LogP contribution in [-0.2, 0) is 48.2 Å². The van der Waals surface area contributed by atoms with Crippen molar-refractivity contribution < 1.29 is 28.6 Å². The van der Waals surface area contributed by atoms with Gasteiger partial charge in [0, 0.05) is 18.2 Å². The summed E-state index contributed by atoms with van der Waals surface area (Å²) in [5.41, 5.74) is -2.99. The Balaban J connectivity index is 3.42. The largest absolute Gasteiger partial charge is 0.461 e. The summed E-state index contributed by atoms with van der Waals surface area (Å²) in [7, 11) is 0. The van der Waals surface area contributed by atoms with Gasteiger partial charge < -0.3 is 14.2 Å². The van der Waals surface area contributed by atoms with Crippen LogP contribution in [0.2, 0.25) is 0 Å². The zero-order chi connectivity index (χ0) is 24.4. The molecule has 0 amide bonds. The summed E-state index contributed by atoms with van der Waals surface area (Å²) in [5, 5.41) is 0. The van der Waals surface area contributed by atoms with Gasteiger partial charge in [-0.2, -0.15) is 0 Å². The van der Waals surface area contributed by atoms with Crippen LogP contribution < -0.4 is 17.1 Å². The van der Waals surface area contributed by atoms with Gasteiger partial charge in [0.25, 0.3) is 0 Å². The van der Waals surface area contributed by atoms with E-state index in [1.54, 1.807) is 0 Å². The monoisotopic (exact) mass is 451 g/mol. The Morgan fingerprint density at radius 2 is 1.12 bits per heavy atom. The predicted octanol–water partition coefficient (Wildman–Crippen LogP) is -0.864. The summed E-state index contributed by atoms with van der Waals surface area (Å²) in [6.07, 6.45) is 0.914. The lowest BCUT2D eigenvalue weighted by atomic mass is 10.4. The highest BCUT2D eigenvalue weighted by atomic mass is 16.5. The van der Waals surface area contributed by atoms with Crippen LogP contribution in [0.3, 0.4) is 0 Å². The minimum Gasteiger partial charge on any atom is -0.461 e. The molecule has 12 heteroatoms. The fraction of sp³-hybridized carbons (Fsp3) is 0.400. The van der Waals surface area contributed by atoms with Crippen molar-refractivity contribution in [3.05, 3.63) is 69.4 Å². The van der Waals surface area contributed by atoms with E-state index in [-0.39, 0.29) is 26.2 Å². The lowest BCUT2D eigenvalue weighted by Gasteiger charge is -2.18. The minimum atomic E-state index is -0.998. The second-order valence-electron chi connectivity index (χ2n) is 6.50. The number of carbonyl (C=O) groups excluding carboxylic acids is 3. The van der Waals surface area contributed by atoms with Gasteiger partial charge in [-0.15, -0.1) is 0 Å². The van der Waals surface area contributed by atoms with Crippen LogP contribution in [0.25, 0.3) is 0 Å². The Morgan fingerprint density at radius 1 is 0.750 bits per heavy atom. The average molecular weight is 451 g/mol. The van der Waals surface area contributed by atoms with Gasteiger partial charge in [-0.1, -0.05) is 19.7 Å². The second kappa shape index (κ2) is 12.0. The fourth-order valence-electron chi connectivity index (χ4n) is 2.56. The number of hydrogen-bond acceptors (Lipinski definition) is 9. The summed E-state index contributed by atoms with van der Waals surface area (Å²) in [4.78, 5) is 72.5. The summed E-state index contributed by atoms with van der Waals surface area (Å²) in [6, 6.07) is 0. The maximum atomic E-state index is 12.9. The molecule has 1 rings (SSSR count). The smallest absolute Gasteiger partial charge is 0.336 e. The Hall–Kier alpha value is -3.96. The summed E-state index contributed by atoms with van der Waals surface area (Å²) in [6.45, 7) is 11.2. The SMILES string of the molecule is C=CC(=O)OCCn1c(=O)n(CC(C)OC(=O)C=C)c(=O)n(CC(C)OC(=O)C=C)c1=O. The van der Waals surface area contributed by atoms with Crippen LogP contribution in [-0.4, -0.2) is 50.4 Å². The molecule has 0 saturated carbocycles. The highest BCUT2D eigenvalue weighted by molar-refractivity contribution is 5.81. The number of ether oxygens (including phenoxy) is 3. The van der Waals surface area contributed by atoms with Crippen LogP contribution >= 0.6 is 0 Å². The first kappa shape index (κ1) is 26.1. The van der Waals surface area contributed by atoms with Crippen LogP contribution in [0.4, 0.5) is 0 Å². The van der Waals surface area contributed by atoms with Crippen molar-refractivity contribution in [1.82, 2.24) is 13.7 Å². The van der Waals surface area contributed by atoms with Gasteiger partial charge in [0.05, 0.1) is 19.6 Å². The molecule has 0 aliphatic rings. The first-order valence-corrected chi connectivity index (χ1v) is 9.45. The molecule has 32 heavy (non-hydrogen) atoms. The molecule has 12 nitrogen and oxygen atoms in total. The lowest BCUT2D eigenvalue weighted by molar-refractivity contribution is -0.143. The Bertz CT molecular complexity index is 1010. The van der Waals surface area contributed by atoms with Crippen molar-refractivity contribution in [3.8, 4) is 0 Å². The summed E-state index contributed by atoms with van der Waals surface area (Å²) >= 11 is 0. The van der Waals surface area contributed by atoms with Crippen LogP contribution in [0, 0.1) is 0 Å². The van der Waals surface area contributed by atoms with Crippen molar-refractivity contribution in [2.24, 2.45) is 0 Å². The molecule has 0 saturated heterocycles. The Labute approximate surface area is 182 Å². The Kier molecular flexibility index (Phi) is 9.80. The van der Waals surface area contributed by atoms with Crippen molar-refractivity contribution >= 4 is 17.9 Å². The third-order valence-electron chi connectivity index (χ3n) is 3.96. The molecule has 0 fully saturated rings. The third-order valence-corrected chi connectivity index (χ3v) is 3.96. The van der Waals surface area contributed by atoms with E-state index >= 15 is 0 Å². The van der Waals surface area contributed by atoms with Gasteiger partial charge in [0.15, 0.2) is 0 Å². The molecular weight excluding hydrogens is 426 g/mol. The maximum absolute atomic E-state index is 12.9. The third kappa shape index (κ3) is 7.07. The normalized spacial score (nSPS) is 12.2. The fourth-order valence-corrected chi connectivity index (χ4v) is 2.56. The van der Waals surface area contributed by atoms with E-state index in [2.05, 4.69) is 19.7 Å². The number of hydrogen-bond donors (Lipinski definition) is 0. The van der Waals surface area contributed by atoms with Crippen LogP contribution in [0.5, 0.6) is 0 Å². The maximum Gasteiger partial charge on any atom is 0.336 e. The molecule has 0 aliphatic heterocycles. The quantitative estimate of drug-likeness (QED) is 0.225. The van der Waals surface area contributed by atoms with Gasteiger partial charge in [0.1, 0.15) is 18.8 Å². The lowest BCUT2D eigenvalue weighted by Crippen LogP contribution is -2.56. The number of nitrogens with zero attached hydrogens (tertiary/aromatic N) is 3. The van der Waals surface area contributed by atoms with Crippen LogP contribution in [0.15, 0.2) is 52.3 Å². The predicted molar refractivity (Wildman–Crippen MR) is 112 cm³/mol. The molecule has 1 aromatic heterocycles. The van der Waals surface area contributed by atoms with Crippen LogP contribution in [0.1, 0.15) is 13.8 Å². The zero-order valence-electron chi connectivity index (χ0n) is 17.9. The van der Waals surface area contributed by atoms with E-state index in [1.807, 2.05) is 0 Å². The van der Waals surface area contributed by atoms with Crippen molar-refractivity contribution in [3.63, 3.8) is 0 Å². The highest BCUT2D eigenvalue weighted by Gasteiger charge is 2.20. The van der Waals surface area contributed by atoms with E-state index in [0.717, 1.165) is 18.2 Å². The van der Waals surface area contributed by atoms with Gasteiger partial charge in [-0.05, 0) is 13.8 Å². The molecule has 174 valence electrons. The van der Waals surface area contributed by atoms with E-state index in [9.17, 15) is 28.8 Å². The number of esters is 3. The van der Waals surface area contributed by atoms with Crippen molar-refractivity contribution in [1.29, 1.82) is 0 Å². The average Bonchev–Trinajstić information content (AvgIpc) is 2.75. The Morgan fingerprint density at radius 3 is 1.50 bits per heavy atom. The number of aromatic nitrogens is 3. The zero-order valence-corrected chi connectivity index (χ0v) is 17.9. The molecule has 0 bridgehead atoms. The van der Waals surface area contributed by atoms with Gasteiger partial charge in [0.2, 0.25) is 0 Å². The van der Waals surface area contributed by atoms with Gasteiger partial charge in [-0.25, -0.2) is 42.5 Å². The minimum absolute atomic E-state index is 0.347. The number of rotatable bonds is 12. The van der Waals surface area contributed by atoms with E-state index < -0.39 is 47.2 Å². The van der Waals surface area contributed by atoms with E-state index in [1.165, 1.54) is 13.8 Å². The first-order chi connectivity index (χ1) is 15.0. The molecule has 0 spiro atoms. The molecule has 1 aromatic rings. The highest BCUT2D eigenvalue weighted by Crippen LogP contribution is 1.97. The molecule has 0 radical (unpaired) electrons. The number of carbonyl (C=O) groups is 3. The topological polar surface area (TPSA) is 145 Å². The van der Waals surface area contributed by atoms with E-state index in [4.69, 9.17) is 14.2 Å². The summed E-state index contributed by atoms with van der Waals surface area (Å²) in [5.74, 6) is -2.29. The van der Waals surface area contributed by atoms with Crippen molar-refractivity contribution in [2.75, 3.05) is 6.61 Å². The standard InChI is InChI=1S/C20H25N3O9/c1-6-15(24)30-10-9-21-18(27)22(11-13(4)31-16(25)7-2)20(29)23(19(21)28)12-14(5)32-17(26)8-3/h6-8,13-14H,1-3,9-12H2,4-5H3. The molecule has 0 aliphatic carbocycles. The molecular formula is C20H25N3O9. The molecule has 1 heterocycles. The molecule has 2 unspecified atom stereocenters. The first-order valence-electron chi connectivity index (χ1n) is 9.45. The molecule has 0 aromatic carbocycles.